The summed E-state index contributed by atoms with van der Waals surface area (Å²) < 4.78 is 56.4. The fraction of sp³-hybridized carbons (Fsp3) is 0.417. The third kappa shape index (κ3) is 3.15. The molecule has 1 unspecified atom stereocenters. The lowest BCUT2D eigenvalue weighted by molar-refractivity contribution is -0.221. The smallest absolute Gasteiger partial charge is 0.366 e. The maximum Gasteiger partial charge on any atom is 0.416 e. The number of hydrogen-bond acceptors (Lipinski definition) is 3. The second-order valence-corrected chi connectivity index (χ2v) is 5.33. The molecule has 1 atom stereocenters. The Kier molecular flexibility index (Phi) is 4.39. The van der Waals surface area contributed by atoms with Gasteiger partial charge in [0.1, 0.15) is 11.9 Å². The van der Waals surface area contributed by atoms with Crippen LogP contribution < -0.4 is 4.90 Å². The Labute approximate surface area is 126 Å². The molecule has 20 heavy (non-hydrogen) atoms. The molecular weight excluding hydrogens is 391 g/mol. The van der Waals surface area contributed by atoms with Crippen LogP contribution >= 0.6 is 22.6 Å². The number of nitriles is 1. The summed E-state index contributed by atoms with van der Waals surface area (Å²) >= 11 is 1.69. The number of nitrogens with zero attached hydrogens (tertiary/aromatic N) is 2. The van der Waals surface area contributed by atoms with Crippen molar-refractivity contribution in [1.82, 2.24) is 0 Å². The zero-order valence-electron chi connectivity index (χ0n) is 10.0. The van der Waals surface area contributed by atoms with Crippen molar-refractivity contribution >= 4 is 28.3 Å². The highest BCUT2D eigenvalue weighted by atomic mass is 127. The van der Waals surface area contributed by atoms with Gasteiger partial charge in [0, 0.05) is 12.2 Å². The molecule has 0 N–H and O–H groups in total. The monoisotopic (exact) mass is 400 g/mol. The zero-order chi connectivity index (χ0) is 14.9. The van der Waals surface area contributed by atoms with Crippen LogP contribution in [0.2, 0.25) is 0 Å². The van der Waals surface area contributed by atoms with E-state index >= 15 is 0 Å². The van der Waals surface area contributed by atoms with Crippen LogP contribution in [0.1, 0.15) is 5.56 Å². The molecular formula is C12H9F4IN2O. The van der Waals surface area contributed by atoms with E-state index < -0.39 is 24.6 Å². The number of morpholine rings is 1. The first-order valence-corrected chi connectivity index (χ1v) is 6.73. The molecule has 0 spiro atoms. The molecule has 1 heterocycles. The Bertz CT molecular complexity index is 556. The molecule has 0 aliphatic carbocycles. The third-order valence-corrected chi connectivity index (χ3v) is 4.03. The first kappa shape index (κ1) is 15.3. The highest BCUT2D eigenvalue weighted by Gasteiger charge is 2.43. The molecule has 8 heteroatoms. The quantitative estimate of drug-likeness (QED) is 0.537. The molecule has 0 amide bonds. The summed E-state index contributed by atoms with van der Waals surface area (Å²) in [5.74, 6) is -0.616. The minimum atomic E-state index is -4.46. The normalized spacial score (nSPS) is 19.8. The number of rotatable bonds is 1. The standard InChI is InChI=1S/C12H9F4IN2O/c13-9-4-8(3-7(5-18)11(9)17)19-1-2-20-10(6-19)12(14,15)16/h3-4,10H,1-2,6H2. The first-order chi connectivity index (χ1) is 9.32. The number of alkyl halides is 3. The SMILES string of the molecule is N#Cc1cc(N2CCOC(C(F)(F)F)C2)cc(F)c1I. The topological polar surface area (TPSA) is 36.3 Å². The van der Waals surface area contributed by atoms with Crippen LogP contribution in [0.3, 0.4) is 0 Å². The Morgan fingerprint density at radius 3 is 2.70 bits per heavy atom. The number of anilines is 1. The van der Waals surface area contributed by atoms with Crippen molar-refractivity contribution in [3.05, 3.63) is 27.1 Å². The number of hydrogen-bond donors (Lipinski definition) is 0. The van der Waals surface area contributed by atoms with Crippen LogP contribution in [0.5, 0.6) is 0 Å². The predicted octanol–water partition coefficient (Wildman–Crippen LogP) is 3.07. The van der Waals surface area contributed by atoms with Crippen LogP contribution in [0.15, 0.2) is 12.1 Å². The van der Waals surface area contributed by atoms with Gasteiger partial charge in [0.05, 0.1) is 22.3 Å². The Morgan fingerprint density at radius 2 is 2.10 bits per heavy atom. The van der Waals surface area contributed by atoms with Crippen LogP contribution in [-0.2, 0) is 4.74 Å². The van der Waals surface area contributed by atoms with Crippen molar-refractivity contribution in [2.24, 2.45) is 0 Å². The van der Waals surface area contributed by atoms with Gasteiger partial charge in [0.25, 0.3) is 0 Å². The summed E-state index contributed by atoms with van der Waals surface area (Å²) in [6.45, 7) is -0.286. The molecule has 1 aromatic carbocycles. The Hall–Kier alpha value is -1.08. The van der Waals surface area contributed by atoms with E-state index in [-0.39, 0.29) is 28.0 Å². The molecule has 108 valence electrons. The van der Waals surface area contributed by atoms with Gasteiger partial charge < -0.3 is 9.64 Å². The molecule has 0 aromatic heterocycles. The van der Waals surface area contributed by atoms with E-state index in [1.807, 2.05) is 6.07 Å². The van der Waals surface area contributed by atoms with Gasteiger partial charge in [-0.2, -0.15) is 18.4 Å². The minimum absolute atomic E-state index is 0.0976. The lowest BCUT2D eigenvalue weighted by atomic mass is 10.1. The van der Waals surface area contributed by atoms with Gasteiger partial charge in [-0.05, 0) is 34.7 Å². The van der Waals surface area contributed by atoms with Gasteiger partial charge in [0.2, 0.25) is 0 Å². The largest absolute Gasteiger partial charge is 0.416 e. The fourth-order valence-electron chi connectivity index (χ4n) is 1.92. The van der Waals surface area contributed by atoms with Crippen LogP contribution in [0, 0.1) is 20.7 Å². The van der Waals surface area contributed by atoms with E-state index in [1.165, 1.54) is 11.0 Å². The molecule has 0 bridgehead atoms. The maximum atomic E-state index is 13.7. The summed E-state index contributed by atoms with van der Waals surface area (Å²) in [6, 6.07) is 4.36. The second-order valence-electron chi connectivity index (χ2n) is 4.25. The van der Waals surface area contributed by atoms with Crippen molar-refractivity contribution in [1.29, 1.82) is 5.26 Å². The van der Waals surface area contributed by atoms with Crippen molar-refractivity contribution < 1.29 is 22.3 Å². The number of benzene rings is 1. The average Bonchev–Trinajstić information content (AvgIpc) is 2.41. The number of ether oxygens (including phenoxy) is 1. The molecule has 1 aromatic rings. The van der Waals surface area contributed by atoms with Gasteiger partial charge in [-0.3, -0.25) is 0 Å². The fourth-order valence-corrected chi connectivity index (χ4v) is 2.35. The van der Waals surface area contributed by atoms with E-state index in [0.29, 0.717) is 0 Å². The number of halogens is 5. The highest BCUT2D eigenvalue weighted by molar-refractivity contribution is 14.1. The van der Waals surface area contributed by atoms with Crippen molar-refractivity contribution in [3.63, 3.8) is 0 Å². The lowest BCUT2D eigenvalue weighted by Gasteiger charge is -2.35. The van der Waals surface area contributed by atoms with Gasteiger partial charge in [0.15, 0.2) is 6.10 Å². The molecule has 3 nitrogen and oxygen atoms in total. The molecule has 1 aliphatic heterocycles. The molecule has 1 saturated heterocycles. The lowest BCUT2D eigenvalue weighted by Crippen LogP contribution is -2.49. The van der Waals surface area contributed by atoms with E-state index in [2.05, 4.69) is 4.74 Å². The summed E-state index contributed by atoms with van der Waals surface area (Å²) in [7, 11) is 0. The molecule has 1 aliphatic rings. The van der Waals surface area contributed by atoms with Crippen molar-refractivity contribution in [2.45, 2.75) is 12.3 Å². The molecule has 0 radical (unpaired) electrons. The maximum absolute atomic E-state index is 13.7. The highest BCUT2D eigenvalue weighted by Crippen LogP contribution is 2.30. The van der Waals surface area contributed by atoms with Gasteiger partial charge in [-0.25, -0.2) is 4.39 Å². The van der Waals surface area contributed by atoms with Crippen LogP contribution in [0.4, 0.5) is 23.2 Å². The first-order valence-electron chi connectivity index (χ1n) is 5.65. The van der Waals surface area contributed by atoms with Crippen LogP contribution in [-0.4, -0.2) is 32.0 Å². The van der Waals surface area contributed by atoms with Gasteiger partial charge in [-0.1, -0.05) is 0 Å². The zero-order valence-corrected chi connectivity index (χ0v) is 12.2. The summed E-state index contributed by atoms with van der Waals surface area (Å²) in [5, 5.41) is 8.90. The van der Waals surface area contributed by atoms with E-state index in [4.69, 9.17) is 5.26 Å². The molecule has 1 fully saturated rings. The van der Waals surface area contributed by atoms with Crippen molar-refractivity contribution in [2.75, 3.05) is 24.6 Å². The molecule has 2 rings (SSSR count). The van der Waals surface area contributed by atoms with E-state index in [0.717, 1.165) is 6.07 Å². The second kappa shape index (κ2) is 5.73. The minimum Gasteiger partial charge on any atom is -0.366 e. The Morgan fingerprint density at radius 1 is 1.40 bits per heavy atom. The summed E-state index contributed by atoms with van der Waals surface area (Å²) in [5.41, 5.74) is 0.368. The Balaban J connectivity index is 2.28. The van der Waals surface area contributed by atoms with E-state index in [9.17, 15) is 17.6 Å². The summed E-state index contributed by atoms with van der Waals surface area (Å²) in [6.07, 6.45) is -6.36. The van der Waals surface area contributed by atoms with E-state index in [1.54, 1.807) is 22.6 Å². The van der Waals surface area contributed by atoms with Gasteiger partial charge >= 0.3 is 6.18 Å². The third-order valence-electron chi connectivity index (χ3n) is 2.93. The van der Waals surface area contributed by atoms with Crippen LogP contribution in [0.25, 0.3) is 0 Å². The summed E-state index contributed by atoms with van der Waals surface area (Å²) in [4.78, 5) is 1.38. The van der Waals surface area contributed by atoms with Crippen molar-refractivity contribution in [3.8, 4) is 6.07 Å². The van der Waals surface area contributed by atoms with Gasteiger partial charge in [-0.15, -0.1) is 0 Å². The average molecular weight is 400 g/mol. The molecule has 0 saturated carbocycles. The predicted molar refractivity (Wildman–Crippen MR) is 71.8 cm³/mol.